The van der Waals surface area contributed by atoms with Crippen molar-refractivity contribution in [3.05, 3.63) is 47.8 Å². The zero-order valence-corrected chi connectivity index (χ0v) is 13.9. The molecule has 2 aromatic rings. The van der Waals surface area contributed by atoms with Gasteiger partial charge in [0.05, 0.1) is 13.7 Å². The van der Waals surface area contributed by atoms with E-state index in [2.05, 4.69) is 40.1 Å². The first-order valence-electron chi connectivity index (χ1n) is 8.30. The summed E-state index contributed by atoms with van der Waals surface area (Å²) in [5.74, 6) is 0.938. The topological polar surface area (TPSA) is 33.5 Å². The molecule has 3 heterocycles. The number of hydrogen-bond acceptors (Lipinski definition) is 4. The number of hydrogen-bond donors (Lipinski definition) is 0. The monoisotopic (exact) mass is 312 g/mol. The minimum Gasteiger partial charge on any atom is -0.496 e. The highest BCUT2D eigenvalue weighted by molar-refractivity contribution is 5.37. The predicted octanol–water partition coefficient (Wildman–Crippen LogP) is 1.83. The third-order valence-corrected chi connectivity index (χ3v) is 5.13. The van der Waals surface area contributed by atoms with Gasteiger partial charge >= 0.3 is 0 Å². The van der Waals surface area contributed by atoms with Crippen LogP contribution in [-0.2, 0) is 13.1 Å². The zero-order valence-electron chi connectivity index (χ0n) is 13.9. The molecule has 4 rings (SSSR count). The van der Waals surface area contributed by atoms with Gasteiger partial charge in [-0.1, -0.05) is 6.07 Å². The summed E-state index contributed by atoms with van der Waals surface area (Å²) in [5.41, 5.74) is 2.56. The number of ether oxygens (including phenoxy) is 1. The molecule has 23 heavy (non-hydrogen) atoms. The van der Waals surface area contributed by atoms with Gasteiger partial charge in [0.15, 0.2) is 0 Å². The molecule has 0 radical (unpaired) electrons. The Kier molecular flexibility index (Phi) is 3.83. The minimum absolute atomic E-state index is 0.732. The lowest BCUT2D eigenvalue weighted by Gasteiger charge is -2.56. The van der Waals surface area contributed by atoms with Gasteiger partial charge in [-0.05, 0) is 37.2 Å². The fourth-order valence-corrected chi connectivity index (χ4v) is 3.99. The average Bonchev–Trinajstić information content (AvgIpc) is 3.05. The molecule has 122 valence electrons. The molecule has 2 saturated heterocycles. The number of aromatic nitrogens is 2. The Labute approximate surface area is 137 Å². The summed E-state index contributed by atoms with van der Waals surface area (Å²) in [6.45, 7) is 4.19. The van der Waals surface area contributed by atoms with Crippen molar-refractivity contribution in [1.29, 1.82) is 0 Å². The number of rotatable bonds is 5. The van der Waals surface area contributed by atoms with Gasteiger partial charge in [-0.3, -0.25) is 9.58 Å². The summed E-state index contributed by atoms with van der Waals surface area (Å²) in [6, 6.07) is 9.98. The van der Waals surface area contributed by atoms with Gasteiger partial charge in [-0.25, -0.2) is 0 Å². The molecule has 5 nitrogen and oxygen atoms in total. The molecule has 2 atom stereocenters. The van der Waals surface area contributed by atoms with Gasteiger partial charge in [0.1, 0.15) is 5.75 Å². The fraction of sp³-hybridized carbons (Fsp3) is 0.500. The molecule has 0 spiro atoms. The molecule has 2 aliphatic rings. The third kappa shape index (κ3) is 2.86. The van der Waals surface area contributed by atoms with Gasteiger partial charge in [0.25, 0.3) is 0 Å². The molecule has 5 heteroatoms. The van der Waals surface area contributed by atoms with E-state index in [1.54, 1.807) is 7.11 Å². The highest BCUT2D eigenvalue weighted by Gasteiger charge is 2.43. The van der Waals surface area contributed by atoms with E-state index < -0.39 is 0 Å². The van der Waals surface area contributed by atoms with Gasteiger partial charge in [-0.15, -0.1) is 0 Å². The van der Waals surface area contributed by atoms with E-state index >= 15 is 0 Å². The second kappa shape index (κ2) is 5.98. The Morgan fingerprint density at radius 3 is 2.74 bits per heavy atom. The maximum Gasteiger partial charge on any atom is 0.123 e. The summed E-state index contributed by atoms with van der Waals surface area (Å²) >= 11 is 0. The van der Waals surface area contributed by atoms with Crippen LogP contribution in [0.3, 0.4) is 0 Å². The SMILES string of the molecule is COc1ccc(CN2C3CC2CN(C)C3)cc1Cn1cccn1. The molecule has 2 bridgehead atoms. The second-order valence-electron chi connectivity index (χ2n) is 6.79. The smallest absolute Gasteiger partial charge is 0.123 e. The summed E-state index contributed by atoms with van der Waals surface area (Å²) < 4.78 is 7.46. The van der Waals surface area contributed by atoms with Crippen molar-refractivity contribution in [2.24, 2.45) is 0 Å². The van der Waals surface area contributed by atoms with E-state index in [1.165, 1.54) is 30.6 Å². The number of piperazine rings is 1. The largest absolute Gasteiger partial charge is 0.496 e. The predicted molar refractivity (Wildman–Crippen MR) is 89.6 cm³/mol. The molecule has 1 aromatic carbocycles. The maximum absolute atomic E-state index is 5.52. The number of fused-ring (bicyclic) bond motifs is 2. The first kappa shape index (κ1) is 14.7. The van der Waals surface area contributed by atoms with E-state index in [0.29, 0.717) is 0 Å². The Bertz CT molecular complexity index is 658. The first-order chi connectivity index (χ1) is 11.2. The van der Waals surface area contributed by atoms with Crippen molar-refractivity contribution < 1.29 is 4.74 Å². The van der Waals surface area contributed by atoms with Crippen molar-refractivity contribution in [2.45, 2.75) is 31.6 Å². The van der Waals surface area contributed by atoms with E-state index in [0.717, 1.165) is 30.9 Å². The van der Waals surface area contributed by atoms with Crippen LogP contribution in [-0.4, -0.2) is 58.9 Å². The van der Waals surface area contributed by atoms with Crippen LogP contribution in [0.1, 0.15) is 17.5 Å². The summed E-state index contributed by atoms with van der Waals surface area (Å²) in [7, 11) is 3.96. The Morgan fingerprint density at radius 1 is 1.22 bits per heavy atom. The van der Waals surface area contributed by atoms with Crippen molar-refractivity contribution in [1.82, 2.24) is 19.6 Å². The third-order valence-electron chi connectivity index (χ3n) is 5.13. The maximum atomic E-state index is 5.52. The average molecular weight is 312 g/mol. The van der Waals surface area contributed by atoms with Crippen LogP contribution >= 0.6 is 0 Å². The lowest BCUT2D eigenvalue weighted by molar-refractivity contribution is -0.0668. The molecule has 0 aliphatic carbocycles. The number of nitrogens with zero attached hydrogens (tertiary/aromatic N) is 4. The molecule has 0 N–H and O–H groups in total. The van der Waals surface area contributed by atoms with Crippen LogP contribution in [0.4, 0.5) is 0 Å². The van der Waals surface area contributed by atoms with Crippen LogP contribution in [0, 0.1) is 0 Å². The van der Waals surface area contributed by atoms with E-state index in [4.69, 9.17) is 4.74 Å². The molecule has 2 unspecified atom stereocenters. The summed E-state index contributed by atoms with van der Waals surface area (Å²) in [5, 5.41) is 4.30. The van der Waals surface area contributed by atoms with Gasteiger partial charge < -0.3 is 9.64 Å². The van der Waals surface area contributed by atoms with Crippen LogP contribution in [0.15, 0.2) is 36.7 Å². The van der Waals surface area contributed by atoms with Crippen molar-refractivity contribution in [3.8, 4) is 5.75 Å². The quantitative estimate of drug-likeness (QED) is 0.843. The van der Waals surface area contributed by atoms with Gasteiger partial charge in [0, 0.05) is 49.7 Å². The van der Waals surface area contributed by atoms with Crippen LogP contribution in [0.5, 0.6) is 5.75 Å². The molecule has 0 amide bonds. The number of likely N-dealkylation sites (N-methyl/N-ethyl adjacent to an activating group) is 1. The Morgan fingerprint density at radius 2 is 2.04 bits per heavy atom. The van der Waals surface area contributed by atoms with Crippen LogP contribution in [0.2, 0.25) is 0 Å². The van der Waals surface area contributed by atoms with Crippen LogP contribution in [0.25, 0.3) is 0 Å². The van der Waals surface area contributed by atoms with Crippen molar-refractivity contribution in [2.75, 3.05) is 27.2 Å². The Hall–Kier alpha value is -1.85. The number of likely N-dealkylation sites (tertiary alicyclic amines) is 2. The van der Waals surface area contributed by atoms with E-state index in [-0.39, 0.29) is 0 Å². The lowest BCUT2D eigenvalue weighted by Crippen LogP contribution is -2.67. The molecular formula is C18H24N4O. The minimum atomic E-state index is 0.732. The molecule has 2 aliphatic heterocycles. The van der Waals surface area contributed by atoms with E-state index in [1.807, 2.05) is 23.1 Å². The standard InChI is InChI=1S/C18H24N4O/c1-20-12-16-9-17(13-20)22(16)10-14-4-5-18(23-2)15(8-14)11-21-7-3-6-19-21/h3-8,16-17H,9-13H2,1-2H3. The lowest BCUT2D eigenvalue weighted by atomic mass is 9.87. The van der Waals surface area contributed by atoms with Gasteiger partial charge in [0.2, 0.25) is 0 Å². The molecular weight excluding hydrogens is 288 g/mol. The summed E-state index contributed by atoms with van der Waals surface area (Å²) in [4.78, 5) is 5.10. The summed E-state index contributed by atoms with van der Waals surface area (Å²) in [6.07, 6.45) is 5.16. The van der Waals surface area contributed by atoms with Gasteiger partial charge in [-0.2, -0.15) is 5.10 Å². The highest BCUT2D eigenvalue weighted by Crippen LogP contribution is 2.33. The normalized spacial score (nSPS) is 24.4. The fourth-order valence-electron chi connectivity index (χ4n) is 3.99. The van der Waals surface area contributed by atoms with E-state index in [9.17, 15) is 0 Å². The van der Waals surface area contributed by atoms with Crippen molar-refractivity contribution >= 4 is 0 Å². The molecule has 2 fully saturated rings. The van der Waals surface area contributed by atoms with Crippen LogP contribution < -0.4 is 4.74 Å². The number of piperidine rings is 1. The Balaban J connectivity index is 1.51. The number of methoxy groups -OCH3 is 1. The highest BCUT2D eigenvalue weighted by atomic mass is 16.5. The number of benzene rings is 1. The first-order valence-corrected chi connectivity index (χ1v) is 8.30. The second-order valence-corrected chi connectivity index (χ2v) is 6.79. The molecule has 1 aromatic heterocycles. The zero-order chi connectivity index (χ0) is 15.8. The molecule has 0 saturated carbocycles. The van der Waals surface area contributed by atoms with Crippen molar-refractivity contribution in [3.63, 3.8) is 0 Å².